The number of carbonyl (C=O) groups excluding carboxylic acids is 1. The van der Waals surface area contributed by atoms with Gasteiger partial charge in [0, 0.05) is 6.42 Å². The van der Waals surface area contributed by atoms with Crippen molar-refractivity contribution in [2.75, 3.05) is 27.7 Å². The van der Waals surface area contributed by atoms with E-state index in [4.69, 9.17) is 0 Å². The van der Waals surface area contributed by atoms with E-state index in [2.05, 4.69) is 27.7 Å². The van der Waals surface area contributed by atoms with Crippen LogP contribution in [-0.2, 0) is 4.79 Å². The first-order valence-corrected chi connectivity index (χ1v) is 11.8. The predicted molar refractivity (Wildman–Crippen MR) is 121 cm³/mol. The van der Waals surface area contributed by atoms with Crippen LogP contribution < -0.4 is 12.4 Å². The number of halogens is 1. The summed E-state index contributed by atoms with van der Waals surface area (Å²) in [5, 5.41) is 0. The van der Waals surface area contributed by atoms with Crippen LogP contribution in [0.3, 0.4) is 0 Å². The average Bonchev–Trinajstić information content (AvgIpc) is 2.59. The molecular formula is C25H50ClNO. The van der Waals surface area contributed by atoms with E-state index in [9.17, 15) is 4.79 Å². The Kier molecular flexibility index (Phi) is 21.3. The van der Waals surface area contributed by atoms with Crippen molar-refractivity contribution >= 4 is 5.78 Å². The Hall–Kier alpha value is -0.340. The Morgan fingerprint density at radius 1 is 0.607 bits per heavy atom. The Bertz CT molecular complexity index is 373. The van der Waals surface area contributed by atoms with Crippen LogP contribution in [0, 0.1) is 0 Å². The van der Waals surface area contributed by atoms with E-state index >= 15 is 0 Å². The lowest BCUT2D eigenvalue weighted by Crippen LogP contribution is -3.00. The quantitative estimate of drug-likeness (QED) is 0.163. The fourth-order valence-electron chi connectivity index (χ4n) is 3.56. The number of Topliss-reactive ketones (excluding diaryl/α,β-unsaturated/α-hetero) is 1. The lowest BCUT2D eigenvalue weighted by atomic mass is 10.0. The molecule has 2 nitrogen and oxygen atoms in total. The minimum atomic E-state index is 0. The minimum absolute atomic E-state index is 0. The highest BCUT2D eigenvalue weighted by Gasteiger charge is 2.05. The number of ketones is 1. The number of hydrogen-bond donors (Lipinski definition) is 0. The van der Waals surface area contributed by atoms with Crippen molar-refractivity contribution < 1.29 is 21.7 Å². The second-order valence-electron chi connectivity index (χ2n) is 9.62. The van der Waals surface area contributed by atoms with Gasteiger partial charge in [-0.2, -0.15) is 0 Å². The van der Waals surface area contributed by atoms with Crippen LogP contribution in [-0.4, -0.2) is 38.0 Å². The van der Waals surface area contributed by atoms with Crippen molar-refractivity contribution in [2.24, 2.45) is 0 Å². The van der Waals surface area contributed by atoms with Crippen LogP contribution in [0.5, 0.6) is 0 Å². The first kappa shape index (κ1) is 29.9. The van der Waals surface area contributed by atoms with Crippen LogP contribution in [0.1, 0.15) is 116 Å². The second-order valence-corrected chi connectivity index (χ2v) is 9.62. The maximum absolute atomic E-state index is 11.4. The molecule has 0 N–H and O–H groups in total. The topological polar surface area (TPSA) is 17.1 Å². The van der Waals surface area contributed by atoms with Gasteiger partial charge in [-0.1, -0.05) is 90.0 Å². The molecule has 0 unspecified atom stereocenters. The van der Waals surface area contributed by atoms with Gasteiger partial charge < -0.3 is 16.9 Å². The second kappa shape index (κ2) is 20.0. The number of hydrogen-bond acceptors (Lipinski definition) is 1. The Balaban J connectivity index is 0. The van der Waals surface area contributed by atoms with Gasteiger partial charge in [0.2, 0.25) is 0 Å². The summed E-state index contributed by atoms with van der Waals surface area (Å²) in [5.41, 5.74) is 0.713. The molecule has 0 aromatic rings. The molecule has 0 amide bonds. The molecule has 0 heterocycles. The van der Waals surface area contributed by atoms with Gasteiger partial charge >= 0.3 is 0 Å². The van der Waals surface area contributed by atoms with Gasteiger partial charge in [0.05, 0.1) is 27.7 Å². The number of allylic oxidation sites excluding steroid dienone is 1. The molecule has 0 aromatic carbocycles. The van der Waals surface area contributed by atoms with E-state index in [1.54, 1.807) is 0 Å². The summed E-state index contributed by atoms with van der Waals surface area (Å²) in [4.78, 5) is 11.4. The first-order valence-electron chi connectivity index (χ1n) is 11.8. The monoisotopic (exact) mass is 415 g/mol. The van der Waals surface area contributed by atoms with Crippen LogP contribution in [0.4, 0.5) is 0 Å². The maximum atomic E-state index is 11.4. The van der Waals surface area contributed by atoms with Gasteiger partial charge in [-0.15, -0.1) is 0 Å². The molecule has 0 rings (SSSR count). The zero-order valence-electron chi connectivity index (χ0n) is 19.7. The SMILES string of the molecule is C=C(C)C(=O)CCCCCCCCCCCCCCCCCC[N+](C)(C)C.[Cl-]. The fourth-order valence-corrected chi connectivity index (χ4v) is 3.56. The molecule has 0 saturated heterocycles. The summed E-state index contributed by atoms with van der Waals surface area (Å²) >= 11 is 0. The van der Waals surface area contributed by atoms with Crippen LogP contribution in [0.2, 0.25) is 0 Å². The first-order chi connectivity index (χ1) is 12.8. The lowest BCUT2D eigenvalue weighted by molar-refractivity contribution is -0.870. The lowest BCUT2D eigenvalue weighted by Gasteiger charge is -2.23. The molecule has 0 radical (unpaired) electrons. The third-order valence-corrected chi connectivity index (χ3v) is 5.46. The van der Waals surface area contributed by atoms with Crippen molar-refractivity contribution in [1.29, 1.82) is 0 Å². The van der Waals surface area contributed by atoms with Gasteiger partial charge in [0.25, 0.3) is 0 Å². The number of carbonyl (C=O) groups is 1. The molecule has 0 aliphatic heterocycles. The van der Waals surface area contributed by atoms with Gasteiger partial charge in [-0.05, 0) is 31.8 Å². The highest BCUT2D eigenvalue weighted by Crippen LogP contribution is 2.14. The minimum Gasteiger partial charge on any atom is -1.00 e. The molecule has 0 spiro atoms. The van der Waals surface area contributed by atoms with Crippen molar-refractivity contribution in [3.05, 3.63) is 12.2 Å². The molecule has 0 atom stereocenters. The van der Waals surface area contributed by atoms with E-state index in [1.807, 2.05) is 6.92 Å². The summed E-state index contributed by atoms with van der Waals surface area (Å²) < 4.78 is 1.11. The Labute approximate surface area is 183 Å². The number of unbranched alkanes of at least 4 members (excludes halogenated alkanes) is 15. The van der Waals surface area contributed by atoms with Crippen molar-refractivity contribution in [3.63, 3.8) is 0 Å². The van der Waals surface area contributed by atoms with Gasteiger partial charge in [-0.25, -0.2) is 0 Å². The molecule has 0 fully saturated rings. The predicted octanol–water partition coefficient (Wildman–Crippen LogP) is 4.47. The Morgan fingerprint density at radius 2 is 0.893 bits per heavy atom. The van der Waals surface area contributed by atoms with Crippen LogP contribution in [0.15, 0.2) is 12.2 Å². The maximum Gasteiger partial charge on any atom is 0.157 e. The number of nitrogens with zero attached hydrogens (tertiary/aromatic N) is 1. The molecule has 0 aromatic heterocycles. The molecular weight excluding hydrogens is 366 g/mol. The third-order valence-electron chi connectivity index (χ3n) is 5.46. The molecule has 0 saturated carbocycles. The summed E-state index contributed by atoms with van der Waals surface area (Å²) in [6.45, 7) is 6.84. The molecule has 0 aliphatic carbocycles. The molecule has 0 aliphatic rings. The average molecular weight is 416 g/mol. The summed E-state index contributed by atoms with van der Waals surface area (Å²) in [6.07, 6.45) is 22.6. The third kappa shape index (κ3) is 23.7. The Morgan fingerprint density at radius 3 is 1.18 bits per heavy atom. The highest BCUT2D eigenvalue weighted by molar-refractivity contribution is 5.93. The zero-order valence-corrected chi connectivity index (χ0v) is 20.4. The normalized spacial score (nSPS) is 11.3. The molecule has 28 heavy (non-hydrogen) atoms. The van der Waals surface area contributed by atoms with Crippen molar-refractivity contribution in [1.82, 2.24) is 0 Å². The van der Waals surface area contributed by atoms with Gasteiger partial charge in [0.1, 0.15) is 0 Å². The number of quaternary nitrogens is 1. The van der Waals surface area contributed by atoms with Crippen molar-refractivity contribution in [2.45, 2.75) is 116 Å². The van der Waals surface area contributed by atoms with Crippen molar-refractivity contribution in [3.8, 4) is 0 Å². The van der Waals surface area contributed by atoms with Crippen LogP contribution >= 0.6 is 0 Å². The van der Waals surface area contributed by atoms with E-state index < -0.39 is 0 Å². The zero-order chi connectivity index (χ0) is 20.4. The van der Waals surface area contributed by atoms with Gasteiger partial charge in [-0.3, -0.25) is 4.79 Å². The van der Waals surface area contributed by atoms with E-state index in [-0.39, 0.29) is 18.2 Å². The van der Waals surface area contributed by atoms with E-state index in [0.29, 0.717) is 12.0 Å². The van der Waals surface area contributed by atoms with Gasteiger partial charge in [0.15, 0.2) is 5.78 Å². The largest absolute Gasteiger partial charge is 1.00 e. The number of rotatable bonds is 20. The standard InChI is InChI=1S/C25H50NO.ClH/c1-24(2)25(27)22-20-18-16-14-12-10-8-6-7-9-11-13-15-17-19-21-23-26(3,4)5;/h1,6-23H2,2-5H3;1H/q+1;/p-1. The smallest absolute Gasteiger partial charge is 0.157 e. The summed E-state index contributed by atoms with van der Waals surface area (Å²) in [6, 6.07) is 0. The summed E-state index contributed by atoms with van der Waals surface area (Å²) in [7, 11) is 6.86. The van der Waals surface area contributed by atoms with E-state index in [0.717, 1.165) is 10.9 Å². The van der Waals surface area contributed by atoms with Crippen LogP contribution in [0.25, 0.3) is 0 Å². The molecule has 168 valence electrons. The fraction of sp³-hybridized carbons (Fsp3) is 0.880. The summed E-state index contributed by atoms with van der Waals surface area (Å²) in [5.74, 6) is 0.245. The molecule has 0 bridgehead atoms. The molecule has 3 heteroatoms. The highest BCUT2D eigenvalue weighted by atomic mass is 35.5. The van der Waals surface area contributed by atoms with E-state index in [1.165, 1.54) is 103 Å².